The number of aromatic nitrogens is 2. The molecular formula is C27H33Cl2N3O4. The van der Waals surface area contributed by atoms with E-state index in [1.165, 1.54) is 0 Å². The number of benzene rings is 2. The normalized spacial score (nSPS) is 18.6. The van der Waals surface area contributed by atoms with E-state index in [1.54, 1.807) is 31.5 Å². The van der Waals surface area contributed by atoms with Crippen molar-refractivity contribution in [1.82, 2.24) is 14.5 Å². The molecule has 0 radical (unpaired) electrons. The zero-order valence-electron chi connectivity index (χ0n) is 20.8. The van der Waals surface area contributed by atoms with E-state index in [-0.39, 0.29) is 6.61 Å². The summed E-state index contributed by atoms with van der Waals surface area (Å²) in [6.07, 6.45) is 5.92. The average molecular weight is 534 g/mol. The van der Waals surface area contributed by atoms with Gasteiger partial charge in [-0.05, 0) is 62.6 Å². The van der Waals surface area contributed by atoms with E-state index in [9.17, 15) is 5.11 Å². The molecule has 194 valence electrons. The lowest BCUT2D eigenvalue weighted by molar-refractivity contribution is -0.0168. The summed E-state index contributed by atoms with van der Waals surface area (Å²) in [6.45, 7) is 5.89. The molecule has 1 atom stereocenters. The van der Waals surface area contributed by atoms with Crippen LogP contribution in [0.15, 0.2) is 48.8 Å². The molecule has 0 spiro atoms. The minimum absolute atomic E-state index is 0.220. The van der Waals surface area contributed by atoms with E-state index < -0.39 is 5.60 Å². The van der Waals surface area contributed by atoms with Crippen LogP contribution >= 0.6 is 23.2 Å². The number of hydrogen-bond donors (Lipinski definition) is 1. The van der Waals surface area contributed by atoms with Crippen LogP contribution in [0.1, 0.15) is 30.7 Å². The van der Waals surface area contributed by atoms with Crippen LogP contribution in [-0.4, -0.2) is 58.6 Å². The second kappa shape index (κ2) is 12.2. The first kappa shape index (κ1) is 26.6. The number of halogens is 2. The number of hydrogen-bond acceptors (Lipinski definition) is 6. The van der Waals surface area contributed by atoms with E-state index in [4.69, 9.17) is 37.4 Å². The number of ether oxygens (including phenoxy) is 3. The maximum Gasteiger partial charge on any atom is 0.161 e. The third-order valence-corrected chi connectivity index (χ3v) is 7.30. The fraction of sp³-hybridized carbons (Fsp3) is 0.444. The van der Waals surface area contributed by atoms with E-state index in [2.05, 4.69) is 20.5 Å². The van der Waals surface area contributed by atoms with Crippen molar-refractivity contribution in [1.29, 1.82) is 0 Å². The van der Waals surface area contributed by atoms with Crippen LogP contribution in [0.5, 0.6) is 17.2 Å². The number of methoxy groups -OCH3 is 1. The summed E-state index contributed by atoms with van der Waals surface area (Å²) in [5, 5.41) is 12.1. The lowest BCUT2D eigenvalue weighted by Gasteiger charge is -2.27. The molecular weight excluding hydrogens is 501 g/mol. The van der Waals surface area contributed by atoms with Gasteiger partial charge in [-0.2, -0.15) is 0 Å². The second-order valence-corrected chi connectivity index (χ2v) is 10.0. The Balaban J connectivity index is 1.29. The molecule has 0 saturated carbocycles. The van der Waals surface area contributed by atoms with Crippen molar-refractivity contribution in [3.05, 3.63) is 70.2 Å². The Kier molecular flexibility index (Phi) is 9.01. The molecule has 1 fully saturated rings. The molecule has 1 saturated heterocycles. The van der Waals surface area contributed by atoms with Gasteiger partial charge in [0.05, 0.1) is 29.3 Å². The summed E-state index contributed by atoms with van der Waals surface area (Å²) >= 11 is 12.0. The van der Waals surface area contributed by atoms with Crippen LogP contribution in [0.3, 0.4) is 0 Å². The van der Waals surface area contributed by atoms with Crippen molar-refractivity contribution in [2.45, 2.75) is 44.9 Å². The highest BCUT2D eigenvalue weighted by Crippen LogP contribution is 2.31. The van der Waals surface area contributed by atoms with Gasteiger partial charge in [-0.25, -0.2) is 4.98 Å². The largest absolute Gasteiger partial charge is 0.493 e. The van der Waals surface area contributed by atoms with Crippen LogP contribution in [-0.2, 0) is 13.1 Å². The van der Waals surface area contributed by atoms with E-state index in [0.717, 1.165) is 55.5 Å². The van der Waals surface area contributed by atoms with Gasteiger partial charge in [0.2, 0.25) is 0 Å². The molecule has 0 amide bonds. The van der Waals surface area contributed by atoms with Crippen LogP contribution in [0, 0.1) is 6.92 Å². The molecule has 2 heterocycles. The highest BCUT2D eigenvalue weighted by molar-refractivity contribution is 6.42. The highest BCUT2D eigenvalue weighted by atomic mass is 35.5. The Bertz CT molecular complexity index is 1160. The minimum atomic E-state index is -0.885. The second-order valence-electron chi connectivity index (χ2n) is 9.22. The Morgan fingerprint density at radius 2 is 1.89 bits per heavy atom. The lowest BCUT2D eigenvalue weighted by Crippen LogP contribution is -2.37. The van der Waals surface area contributed by atoms with Crippen LogP contribution in [0.4, 0.5) is 0 Å². The standard InChI is InChI=1S/C27H33Cl2N3O4/c1-20-30-10-13-32(20)14-15-35-25-7-4-21(16-26(25)34-2)18-31-11-3-8-27(33,9-12-31)19-36-22-5-6-23(28)24(29)17-22/h4-7,10,13,16-17,33H,3,8-9,11-12,14-15,18-19H2,1-2H3/t27-/m0/s1. The Labute approximate surface area is 222 Å². The summed E-state index contributed by atoms with van der Waals surface area (Å²) < 4.78 is 19.5. The predicted octanol–water partition coefficient (Wildman–Crippen LogP) is 5.38. The highest BCUT2D eigenvalue weighted by Gasteiger charge is 2.31. The Morgan fingerprint density at radius 3 is 2.64 bits per heavy atom. The molecule has 36 heavy (non-hydrogen) atoms. The van der Waals surface area contributed by atoms with Crippen molar-refractivity contribution in [2.75, 3.05) is 33.4 Å². The van der Waals surface area contributed by atoms with E-state index in [1.807, 2.05) is 25.3 Å². The minimum Gasteiger partial charge on any atom is -0.493 e. The molecule has 2 aromatic carbocycles. The molecule has 0 bridgehead atoms. The smallest absolute Gasteiger partial charge is 0.161 e. The summed E-state index contributed by atoms with van der Waals surface area (Å²) in [5.41, 5.74) is 0.256. The number of nitrogens with zero attached hydrogens (tertiary/aromatic N) is 3. The molecule has 1 aliphatic heterocycles. The first-order chi connectivity index (χ1) is 17.3. The SMILES string of the molecule is COc1cc(CN2CCC[C@@](O)(COc3ccc(Cl)c(Cl)c3)CC2)ccc1OCCn1ccnc1C. The van der Waals surface area contributed by atoms with Gasteiger partial charge in [-0.15, -0.1) is 0 Å². The first-order valence-corrected chi connectivity index (χ1v) is 12.9. The van der Waals surface area contributed by atoms with Gasteiger partial charge in [-0.1, -0.05) is 29.3 Å². The summed E-state index contributed by atoms with van der Waals surface area (Å²) in [6, 6.07) is 11.2. The van der Waals surface area contributed by atoms with Crippen molar-refractivity contribution in [3.8, 4) is 17.2 Å². The van der Waals surface area contributed by atoms with Crippen molar-refractivity contribution < 1.29 is 19.3 Å². The zero-order chi connectivity index (χ0) is 25.5. The van der Waals surface area contributed by atoms with Gasteiger partial charge in [0.25, 0.3) is 0 Å². The van der Waals surface area contributed by atoms with Crippen molar-refractivity contribution in [3.63, 3.8) is 0 Å². The number of aryl methyl sites for hydroxylation is 1. The molecule has 3 aromatic rings. The molecule has 0 aliphatic carbocycles. The van der Waals surface area contributed by atoms with Gasteiger partial charge in [0.1, 0.15) is 24.8 Å². The van der Waals surface area contributed by atoms with Crippen molar-refractivity contribution in [2.24, 2.45) is 0 Å². The average Bonchev–Trinajstić information content (AvgIpc) is 3.18. The molecule has 4 rings (SSSR count). The third-order valence-electron chi connectivity index (χ3n) is 6.56. The van der Waals surface area contributed by atoms with Crippen LogP contribution in [0.2, 0.25) is 10.0 Å². The molecule has 9 heteroatoms. The molecule has 1 aliphatic rings. The zero-order valence-corrected chi connectivity index (χ0v) is 22.3. The first-order valence-electron chi connectivity index (χ1n) is 12.2. The summed E-state index contributed by atoms with van der Waals surface area (Å²) in [4.78, 5) is 6.59. The fourth-order valence-corrected chi connectivity index (χ4v) is 4.69. The van der Waals surface area contributed by atoms with E-state index in [0.29, 0.717) is 35.2 Å². The van der Waals surface area contributed by atoms with Gasteiger partial charge < -0.3 is 23.9 Å². The lowest BCUT2D eigenvalue weighted by atomic mass is 9.96. The van der Waals surface area contributed by atoms with Gasteiger partial charge in [0.15, 0.2) is 11.5 Å². The predicted molar refractivity (Wildman–Crippen MR) is 141 cm³/mol. The number of aliphatic hydroxyl groups is 1. The maximum absolute atomic E-state index is 11.2. The fourth-order valence-electron chi connectivity index (χ4n) is 4.40. The molecule has 0 unspecified atom stereocenters. The van der Waals surface area contributed by atoms with Crippen LogP contribution in [0.25, 0.3) is 0 Å². The third kappa shape index (κ3) is 7.07. The van der Waals surface area contributed by atoms with Gasteiger partial charge >= 0.3 is 0 Å². The van der Waals surface area contributed by atoms with Crippen LogP contribution < -0.4 is 14.2 Å². The molecule has 1 aromatic heterocycles. The quantitative estimate of drug-likeness (QED) is 0.377. The number of rotatable bonds is 10. The molecule has 1 N–H and O–H groups in total. The topological polar surface area (TPSA) is 69.0 Å². The Hall–Kier alpha value is -2.45. The molecule has 7 nitrogen and oxygen atoms in total. The number of imidazole rings is 1. The Morgan fingerprint density at radius 1 is 1.03 bits per heavy atom. The summed E-state index contributed by atoms with van der Waals surface area (Å²) in [5.74, 6) is 3.01. The van der Waals surface area contributed by atoms with E-state index >= 15 is 0 Å². The monoisotopic (exact) mass is 533 g/mol. The maximum atomic E-state index is 11.2. The van der Waals surface area contributed by atoms with Gasteiger partial charge in [-0.3, -0.25) is 4.90 Å². The van der Waals surface area contributed by atoms with Crippen molar-refractivity contribution >= 4 is 23.2 Å². The summed E-state index contributed by atoms with van der Waals surface area (Å²) in [7, 11) is 1.66. The number of likely N-dealkylation sites (tertiary alicyclic amines) is 1. The van der Waals surface area contributed by atoms with Gasteiger partial charge in [0, 0.05) is 31.5 Å².